The lowest BCUT2D eigenvalue weighted by Crippen LogP contribution is -3.04. The molecule has 0 saturated heterocycles. The van der Waals surface area contributed by atoms with Crippen LogP contribution in [0, 0.1) is 0 Å². The molecule has 364 valence electrons. The zero-order valence-electron chi connectivity index (χ0n) is 42.5. The number of rotatable bonds is 12. The minimum atomic E-state index is -3.73. The molecule has 6 heteroatoms. The molecule has 0 spiro atoms. The van der Waals surface area contributed by atoms with E-state index in [1.165, 1.54) is 80.0 Å². The Labute approximate surface area is 452 Å². The Hall–Kier alpha value is -9.05. The van der Waals surface area contributed by atoms with Gasteiger partial charge in [0.25, 0.3) is 0 Å². The average Bonchev–Trinajstić information content (AvgIpc) is 4.26. The standard InChI is InChI=1S/C71H53N3Si3/c1-7-30-56(31-8-1)75(57-32-9-2-10-33-57,62-42-25-28-54(49-62)70-67-50-53-27-19-20-44-64(53)71(67)73-52-72-70)77(60-38-15-5-16-39-60,61-40-17-6-18-41-61)76(58-34-11-3-12-35-58,59-36-13-4-14-37-59)63-43-26-29-55(51-63)74-68-47-23-21-45-65(68)66-46-22-24-48-69(66)74/h1-49,51-52H,50H2. The SMILES string of the molecule is c1ccc([Si](c2ccccc2)(c2cccc(-c3ncnc4c3Cc3ccccc3-4)c2)[Si](c2ccccc2)(c2ccccc2)[Si](c2ccccc2)(c2ccccc2)c2cccc(-n3c4ccccc4c4ccccc43)c2)cc1. The molecule has 0 aliphatic heterocycles. The van der Waals surface area contributed by atoms with Gasteiger partial charge >= 0.3 is 0 Å². The third kappa shape index (κ3) is 7.06. The molecule has 13 aromatic rings. The van der Waals surface area contributed by atoms with Gasteiger partial charge in [-0.2, -0.15) is 0 Å². The third-order valence-corrected chi connectivity index (χ3v) is 50.6. The summed E-state index contributed by atoms with van der Waals surface area (Å²) in [6.07, 6.45) is 2.57. The van der Waals surface area contributed by atoms with Gasteiger partial charge in [0.15, 0.2) is 0 Å². The normalized spacial score (nSPS) is 12.4. The summed E-state index contributed by atoms with van der Waals surface area (Å²) in [6.45, 7) is 0. The minimum Gasteiger partial charge on any atom is -0.309 e. The molecule has 1 aliphatic carbocycles. The second-order valence-electron chi connectivity index (χ2n) is 20.3. The second-order valence-corrected chi connectivity index (χ2v) is 39.9. The van der Waals surface area contributed by atoms with Crippen LogP contribution in [0.15, 0.2) is 310 Å². The van der Waals surface area contributed by atoms with E-state index in [-0.39, 0.29) is 0 Å². The van der Waals surface area contributed by atoms with Gasteiger partial charge in [-0.1, -0.05) is 315 Å². The number of benzene rings is 11. The first-order chi connectivity index (χ1) is 38.2. The van der Waals surface area contributed by atoms with E-state index in [1.807, 2.05) is 0 Å². The van der Waals surface area contributed by atoms with Crippen LogP contribution in [0.1, 0.15) is 11.1 Å². The van der Waals surface area contributed by atoms with E-state index in [9.17, 15) is 0 Å². The fourth-order valence-electron chi connectivity index (χ4n) is 13.9. The first-order valence-corrected chi connectivity index (χ1v) is 34.7. The van der Waals surface area contributed by atoms with Crippen molar-refractivity contribution in [2.75, 3.05) is 0 Å². The Morgan fingerprint density at radius 1 is 0.312 bits per heavy atom. The second kappa shape index (κ2) is 19.3. The summed E-state index contributed by atoms with van der Waals surface area (Å²) in [4.78, 5) is 10.2. The summed E-state index contributed by atoms with van der Waals surface area (Å²) in [5, 5.41) is 13.6. The van der Waals surface area contributed by atoms with Crippen molar-refractivity contribution >= 4 is 85.6 Å². The molecule has 0 fully saturated rings. The van der Waals surface area contributed by atoms with E-state index in [0.717, 1.165) is 29.1 Å². The maximum atomic E-state index is 5.24. The third-order valence-electron chi connectivity index (χ3n) is 16.6. The minimum absolute atomic E-state index is 0.791. The molecule has 2 aromatic heterocycles. The average molecular weight is 1030 g/mol. The summed E-state index contributed by atoms with van der Waals surface area (Å²) in [7, 11) is -11.0. The smallest absolute Gasteiger partial charge is 0.148 e. The van der Waals surface area contributed by atoms with Gasteiger partial charge in [-0.25, -0.2) is 9.97 Å². The van der Waals surface area contributed by atoms with Crippen molar-refractivity contribution in [3.8, 4) is 28.2 Å². The molecule has 0 radical (unpaired) electrons. The quantitative estimate of drug-likeness (QED) is 0.0902. The molecule has 0 bridgehead atoms. The fourth-order valence-corrected chi connectivity index (χ4v) is 59.2. The zero-order valence-corrected chi connectivity index (χ0v) is 45.5. The van der Waals surface area contributed by atoms with E-state index in [4.69, 9.17) is 9.97 Å². The van der Waals surface area contributed by atoms with Gasteiger partial charge in [-0.15, -0.1) is 0 Å². The van der Waals surface area contributed by atoms with Crippen LogP contribution < -0.4 is 41.5 Å². The number of para-hydroxylation sites is 2. The van der Waals surface area contributed by atoms with Crippen molar-refractivity contribution < 1.29 is 0 Å². The van der Waals surface area contributed by atoms with Gasteiger partial charge in [0.05, 0.1) is 22.4 Å². The van der Waals surface area contributed by atoms with Gasteiger partial charge in [-0.05, 0) is 35.0 Å². The number of hydrogen-bond acceptors (Lipinski definition) is 2. The van der Waals surface area contributed by atoms with Crippen molar-refractivity contribution in [1.82, 2.24) is 14.5 Å². The molecule has 2 heterocycles. The number of hydrogen-bond donors (Lipinski definition) is 0. The highest BCUT2D eigenvalue weighted by Crippen LogP contribution is 2.40. The fraction of sp³-hybridized carbons (Fsp3) is 0.0141. The lowest BCUT2D eigenvalue weighted by molar-refractivity contribution is 1.13. The van der Waals surface area contributed by atoms with Crippen LogP contribution in [0.3, 0.4) is 0 Å². The highest BCUT2D eigenvalue weighted by atomic mass is 29.6. The van der Waals surface area contributed by atoms with Crippen molar-refractivity contribution in [2.45, 2.75) is 6.42 Å². The molecule has 0 amide bonds. The first-order valence-electron chi connectivity index (χ1n) is 26.7. The van der Waals surface area contributed by atoms with E-state index < -0.39 is 22.3 Å². The molecule has 11 aromatic carbocycles. The van der Waals surface area contributed by atoms with Crippen molar-refractivity contribution in [3.63, 3.8) is 0 Å². The van der Waals surface area contributed by atoms with Gasteiger partial charge in [0, 0.05) is 39.6 Å². The predicted octanol–water partition coefficient (Wildman–Crippen LogP) is 10.9. The van der Waals surface area contributed by atoms with Crippen molar-refractivity contribution in [3.05, 3.63) is 321 Å². The summed E-state index contributed by atoms with van der Waals surface area (Å²) >= 11 is 0. The summed E-state index contributed by atoms with van der Waals surface area (Å²) in [5.41, 5.74) is 10.4. The van der Waals surface area contributed by atoms with Gasteiger partial charge in [-0.3, -0.25) is 0 Å². The first kappa shape index (κ1) is 46.5. The van der Waals surface area contributed by atoms with Crippen molar-refractivity contribution in [1.29, 1.82) is 0 Å². The van der Waals surface area contributed by atoms with Crippen LogP contribution in [0.5, 0.6) is 0 Å². The molecular weight excluding hydrogens is 979 g/mol. The summed E-state index contributed by atoms with van der Waals surface area (Å²) < 4.78 is 2.51. The molecule has 0 unspecified atom stereocenters. The van der Waals surface area contributed by atoms with E-state index in [0.29, 0.717) is 0 Å². The van der Waals surface area contributed by atoms with E-state index >= 15 is 0 Å². The lowest BCUT2D eigenvalue weighted by Gasteiger charge is -2.59. The monoisotopic (exact) mass is 1030 g/mol. The number of aromatic nitrogens is 3. The van der Waals surface area contributed by atoms with Crippen LogP contribution in [0.25, 0.3) is 50.0 Å². The highest BCUT2D eigenvalue weighted by Gasteiger charge is 2.72. The topological polar surface area (TPSA) is 30.7 Å². The van der Waals surface area contributed by atoms with Crippen LogP contribution in [-0.2, 0) is 6.42 Å². The van der Waals surface area contributed by atoms with Crippen LogP contribution in [0.4, 0.5) is 0 Å². The van der Waals surface area contributed by atoms with Gasteiger partial charge in [0.2, 0.25) is 0 Å². The Bertz CT molecular complexity index is 4070. The number of nitrogens with zero attached hydrogens (tertiary/aromatic N) is 3. The molecule has 0 N–H and O–H groups in total. The number of fused-ring (bicyclic) bond motifs is 6. The maximum absolute atomic E-state index is 5.24. The summed E-state index contributed by atoms with van der Waals surface area (Å²) in [6, 6.07) is 117. The highest BCUT2D eigenvalue weighted by molar-refractivity contribution is 7.89. The molecular formula is C71H53N3Si3. The molecule has 77 heavy (non-hydrogen) atoms. The maximum Gasteiger partial charge on any atom is 0.148 e. The molecule has 0 saturated carbocycles. The molecule has 0 atom stereocenters. The summed E-state index contributed by atoms with van der Waals surface area (Å²) in [5.74, 6) is 0. The Kier molecular flexibility index (Phi) is 11.6. The van der Waals surface area contributed by atoms with Crippen molar-refractivity contribution in [2.24, 2.45) is 0 Å². The Morgan fingerprint density at radius 3 is 1.21 bits per heavy atom. The molecule has 14 rings (SSSR count). The Morgan fingerprint density at radius 2 is 0.701 bits per heavy atom. The van der Waals surface area contributed by atoms with Gasteiger partial charge < -0.3 is 4.57 Å². The largest absolute Gasteiger partial charge is 0.309 e. The van der Waals surface area contributed by atoms with Crippen LogP contribution in [0.2, 0.25) is 0 Å². The molecule has 1 aliphatic rings. The predicted molar refractivity (Wildman–Crippen MR) is 329 cm³/mol. The van der Waals surface area contributed by atoms with Gasteiger partial charge in [0.1, 0.15) is 28.6 Å². The molecule has 3 nitrogen and oxygen atoms in total. The van der Waals surface area contributed by atoms with Crippen LogP contribution >= 0.6 is 0 Å². The lowest BCUT2D eigenvalue weighted by atomic mass is 10.0. The Balaban J connectivity index is 1.21. The van der Waals surface area contributed by atoms with E-state index in [1.54, 1.807) is 6.33 Å². The van der Waals surface area contributed by atoms with E-state index in [2.05, 4.69) is 308 Å². The zero-order chi connectivity index (χ0) is 51.2. The van der Waals surface area contributed by atoms with Crippen LogP contribution in [-0.4, -0.2) is 36.8 Å².